The molecule has 3 heterocycles. The second-order valence-electron chi connectivity index (χ2n) is 12.9. The summed E-state index contributed by atoms with van der Waals surface area (Å²) in [5, 5.41) is 20.1. The minimum Gasteiger partial charge on any atom is -0.480 e. The molecule has 12 nitrogen and oxygen atoms in total. The Balaban J connectivity index is 1.41. The van der Waals surface area contributed by atoms with E-state index in [1.807, 2.05) is 50.2 Å². The van der Waals surface area contributed by atoms with Gasteiger partial charge in [-0.05, 0) is 48.4 Å². The summed E-state index contributed by atoms with van der Waals surface area (Å²) in [6, 6.07) is 10.9. The second-order valence-corrected chi connectivity index (χ2v) is 12.9. The maximum Gasteiger partial charge on any atom is 0.326 e. The summed E-state index contributed by atoms with van der Waals surface area (Å²) in [4.78, 5) is 70.3. The van der Waals surface area contributed by atoms with Crippen molar-refractivity contribution in [3.8, 4) is 0 Å². The number of urea groups is 1. The number of aromatic amines is 1. The largest absolute Gasteiger partial charge is 0.480 e. The summed E-state index contributed by atoms with van der Waals surface area (Å²) in [6.45, 7) is 5.11. The zero-order valence-electron chi connectivity index (χ0n) is 27.4. The van der Waals surface area contributed by atoms with Gasteiger partial charge in [-0.3, -0.25) is 19.0 Å². The first-order valence-corrected chi connectivity index (χ1v) is 16.6. The van der Waals surface area contributed by atoms with Gasteiger partial charge in [0.2, 0.25) is 18.2 Å². The second kappa shape index (κ2) is 15.6. The maximum absolute atomic E-state index is 14.0. The number of hydrogen-bond donors (Lipinski definition) is 5. The molecule has 254 valence electrons. The van der Waals surface area contributed by atoms with Crippen LogP contribution in [0.15, 0.2) is 60.9 Å². The number of carboxylic acid groups (broad SMARTS) is 1. The summed E-state index contributed by atoms with van der Waals surface area (Å²) in [5.41, 5.74) is 2.83. The third-order valence-corrected chi connectivity index (χ3v) is 8.92. The first kappa shape index (κ1) is 34.2. The number of aliphatic carboxylic acids is 1. The first-order chi connectivity index (χ1) is 23.1. The molecule has 5 N–H and O–H groups in total. The lowest BCUT2D eigenvalue weighted by atomic mass is 10.00. The van der Waals surface area contributed by atoms with Gasteiger partial charge < -0.3 is 30.9 Å². The average Bonchev–Trinajstić information content (AvgIpc) is 3.51. The number of carbonyl (C=O) groups excluding carboxylic acids is 4. The van der Waals surface area contributed by atoms with E-state index in [2.05, 4.69) is 20.9 Å². The number of carbonyl (C=O) groups is 5. The lowest BCUT2D eigenvalue weighted by molar-refractivity contribution is -0.142. The number of para-hydroxylation sites is 2. The molecule has 48 heavy (non-hydrogen) atoms. The fourth-order valence-corrected chi connectivity index (χ4v) is 6.44. The number of benzene rings is 2. The molecule has 1 aliphatic heterocycles. The zero-order chi connectivity index (χ0) is 34.2. The van der Waals surface area contributed by atoms with Crippen LogP contribution in [0.1, 0.15) is 57.1 Å². The Labute approximate surface area is 279 Å². The molecule has 0 aliphatic carbocycles. The van der Waals surface area contributed by atoms with Crippen molar-refractivity contribution >= 4 is 52.0 Å². The fourth-order valence-electron chi connectivity index (χ4n) is 6.44. The van der Waals surface area contributed by atoms with E-state index in [1.54, 1.807) is 29.4 Å². The highest BCUT2D eigenvalue weighted by atomic mass is 16.4. The highest BCUT2D eigenvalue weighted by Crippen LogP contribution is 2.23. The molecule has 3 atom stereocenters. The van der Waals surface area contributed by atoms with E-state index in [-0.39, 0.29) is 24.8 Å². The minimum atomic E-state index is -1.29. The monoisotopic (exact) mass is 656 g/mol. The molecule has 0 spiro atoms. The Morgan fingerprint density at radius 3 is 2.12 bits per heavy atom. The highest BCUT2D eigenvalue weighted by Gasteiger charge is 2.32. The van der Waals surface area contributed by atoms with Gasteiger partial charge >= 0.3 is 12.0 Å². The third-order valence-electron chi connectivity index (χ3n) is 8.92. The maximum atomic E-state index is 14.0. The summed E-state index contributed by atoms with van der Waals surface area (Å²) in [6.07, 6.45) is 8.22. The van der Waals surface area contributed by atoms with Gasteiger partial charge in [0.1, 0.15) is 18.1 Å². The average molecular weight is 657 g/mol. The lowest BCUT2D eigenvalue weighted by Gasteiger charge is -2.28. The number of nitrogens with zero attached hydrogens (tertiary/aromatic N) is 2. The van der Waals surface area contributed by atoms with Crippen LogP contribution in [0.5, 0.6) is 0 Å². The molecular weight excluding hydrogens is 612 g/mol. The fraction of sp³-hybridized carbons (Fsp3) is 0.417. The summed E-state index contributed by atoms with van der Waals surface area (Å²) in [7, 11) is 0. The lowest BCUT2D eigenvalue weighted by Crippen LogP contribution is -2.58. The molecule has 5 rings (SSSR count). The van der Waals surface area contributed by atoms with Crippen molar-refractivity contribution < 1.29 is 29.1 Å². The van der Waals surface area contributed by atoms with Gasteiger partial charge in [-0.2, -0.15) is 0 Å². The Bertz CT molecular complexity index is 1770. The molecule has 0 radical (unpaired) electrons. The molecule has 0 bridgehead atoms. The van der Waals surface area contributed by atoms with Crippen molar-refractivity contribution in [3.63, 3.8) is 0 Å². The SMILES string of the molecule is CC(C)C[C@H](NC(=O)N1CCCCCC1)C(=O)N[C@@H](Cc1cn(C=O)c2ccccc12)C(=O)N[C@H](Cc1c[nH]c2ccccc12)C(=O)O. The van der Waals surface area contributed by atoms with E-state index >= 15 is 0 Å². The van der Waals surface area contributed by atoms with Crippen molar-refractivity contribution in [2.75, 3.05) is 13.1 Å². The summed E-state index contributed by atoms with van der Waals surface area (Å²) < 4.78 is 1.40. The van der Waals surface area contributed by atoms with E-state index in [1.165, 1.54) is 4.57 Å². The van der Waals surface area contributed by atoms with Crippen molar-refractivity contribution in [1.82, 2.24) is 30.4 Å². The molecule has 1 saturated heterocycles. The standard InChI is InChI=1S/C36H44N6O6/c1-23(2)17-29(40-36(48)41-15-9-3-4-10-16-41)33(44)38-30(19-25-21-42(22-43)32-14-8-6-12-27(25)32)34(45)39-31(35(46)47)18-24-20-37-28-13-7-5-11-26(24)28/h5-8,11-14,20-23,29-31,37H,3-4,9-10,15-19H2,1-2H3,(H,38,44)(H,39,45)(H,40,48)(H,46,47)/t29-,30-,31+/m0/s1. The predicted octanol–water partition coefficient (Wildman–Crippen LogP) is 4.00. The van der Waals surface area contributed by atoms with Crippen LogP contribution in [0.2, 0.25) is 0 Å². The summed E-state index contributed by atoms with van der Waals surface area (Å²) >= 11 is 0. The van der Waals surface area contributed by atoms with Crippen LogP contribution >= 0.6 is 0 Å². The molecular formula is C36H44N6O6. The van der Waals surface area contributed by atoms with Crippen molar-refractivity contribution in [3.05, 3.63) is 72.1 Å². The van der Waals surface area contributed by atoms with E-state index in [0.717, 1.165) is 47.5 Å². The van der Waals surface area contributed by atoms with E-state index in [9.17, 15) is 29.1 Å². The van der Waals surface area contributed by atoms with Crippen LogP contribution in [-0.4, -0.2) is 81.0 Å². The molecule has 12 heteroatoms. The summed E-state index contributed by atoms with van der Waals surface area (Å²) in [5.74, 6) is -2.41. The van der Waals surface area contributed by atoms with Crippen LogP contribution < -0.4 is 16.0 Å². The van der Waals surface area contributed by atoms with E-state index in [4.69, 9.17) is 0 Å². The quantitative estimate of drug-likeness (QED) is 0.137. The molecule has 4 amide bonds. The van der Waals surface area contributed by atoms with Gasteiger partial charge in [-0.1, -0.05) is 63.1 Å². The van der Waals surface area contributed by atoms with E-state index < -0.39 is 35.9 Å². The number of rotatable bonds is 13. The number of hydrogen-bond acceptors (Lipinski definition) is 5. The van der Waals surface area contributed by atoms with Gasteiger partial charge in [0.15, 0.2) is 0 Å². The zero-order valence-corrected chi connectivity index (χ0v) is 27.4. The topological polar surface area (TPSA) is 166 Å². The molecule has 1 aliphatic rings. The van der Waals surface area contributed by atoms with E-state index in [0.29, 0.717) is 37.0 Å². The normalized spacial score (nSPS) is 15.4. The van der Waals surface area contributed by atoms with Crippen LogP contribution in [-0.2, 0) is 32.0 Å². The smallest absolute Gasteiger partial charge is 0.326 e. The molecule has 0 saturated carbocycles. The Hall–Kier alpha value is -5.13. The van der Waals surface area contributed by atoms with Crippen LogP contribution in [0.3, 0.4) is 0 Å². The number of nitrogens with one attached hydrogen (secondary N) is 4. The van der Waals surface area contributed by atoms with Gasteiger partial charge in [0.05, 0.1) is 5.52 Å². The van der Waals surface area contributed by atoms with Gasteiger partial charge in [-0.25, -0.2) is 9.59 Å². The number of fused-ring (bicyclic) bond motifs is 2. The predicted molar refractivity (Wildman–Crippen MR) is 183 cm³/mol. The van der Waals surface area contributed by atoms with Crippen molar-refractivity contribution in [2.45, 2.75) is 76.9 Å². The molecule has 1 fully saturated rings. The van der Waals surface area contributed by atoms with Gasteiger partial charge in [0, 0.05) is 54.6 Å². The number of carboxylic acids is 1. The number of H-pyrrole nitrogens is 1. The van der Waals surface area contributed by atoms with Crippen molar-refractivity contribution in [2.24, 2.45) is 5.92 Å². The Morgan fingerprint density at radius 2 is 1.44 bits per heavy atom. The first-order valence-electron chi connectivity index (χ1n) is 16.6. The minimum absolute atomic E-state index is 0.0120. The highest BCUT2D eigenvalue weighted by molar-refractivity contribution is 5.95. The van der Waals surface area contributed by atoms with Crippen LogP contribution in [0, 0.1) is 5.92 Å². The Morgan fingerprint density at radius 1 is 0.812 bits per heavy atom. The molecule has 2 aromatic carbocycles. The van der Waals surface area contributed by atoms with Crippen molar-refractivity contribution in [1.29, 1.82) is 0 Å². The van der Waals surface area contributed by atoms with Gasteiger partial charge in [-0.15, -0.1) is 0 Å². The van der Waals surface area contributed by atoms with Crippen LogP contribution in [0.25, 0.3) is 21.8 Å². The molecule has 2 aromatic heterocycles. The number of likely N-dealkylation sites (tertiary alicyclic amines) is 1. The number of amides is 4. The van der Waals surface area contributed by atoms with Crippen LogP contribution in [0.4, 0.5) is 4.79 Å². The Kier molecular flexibility index (Phi) is 11.1. The van der Waals surface area contributed by atoms with Gasteiger partial charge in [0.25, 0.3) is 0 Å². The molecule has 4 aromatic rings. The molecule has 0 unspecified atom stereocenters. The number of aromatic nitrogens is 2. The third kappa shape index (κ3) is 8.23.